The summed E-state index contributed by atoms with van der Waals surface area (Å²) in [5, 5.41) is -0.0778. The first-order valence-corrected chi connectivity index (χ1v) is 5.82. The Bertz CT molecular complexity index is 357. The zero-order chi connectivity index (χ0) is 9.19. The van der Waals surface area contributed by atoms with E-state index < -0.39 is 9.05 Å². The van der Waals surface area contributed by atoms with Crippen LogP contribution in [0.1, 0.15) is 13.3 Å². The van der Waals surface area contributed by atoms with Gasteiger partial charge in [-0.3, -0.25) is 0 Å². The lowest BCUT2D eigenvalue weighted by atomic mass is 10.5. The molecule has 12 heavy (non-hydrogen) atoms. The molecule has 0 aliphatic rings. The van der Waals surface area contributed by atoms with E-state index >= 15 is 0 Å². The molecular weight excluding hydrogens is 200 g/mol. The Morgan fingerprint density at radius 3 is 2.83 bits per heavy atom. The second kappa shape index (κ2) is 3.45. The maximum atomic E-state index is 10.9. The highest BCUT2D eigenvalue weighted by Crippen LogP contribution is 2.12. The van der Waals surface area contributed by atoms with Crippen LogP contribution in [-0.4, -0.2) is 18.0 Å². The van der Waals surface area contributed by atoms with Crippen LogP contribution in [0.3, 0.4) is 0 Å². The highest BCUT2D eigenvalue weighted by atomic mass is 35.7. The van der Waals surface area contributed by atoms with Crippen molar-refractivity contribution < 1.29 is 8.42 Å². The largest absolute Gasteiger partial charge is 0.321 e. The molecule has 0 bridgehead atoms. The smallest absolute Gasteiger partial charge is 0.295 e. The Balaban J connectivity index is 3.08. The van der Waals surface area contributed by atoms with Crippen molar-refractivity contribution in [1.82, 2.24) is 9.55 Å². The molecule has 4 nitrogen and oxygen atoms in total. The van der Waals surface area contributed by atoms with E-state index in [0.717, 1.165) is 6.42 Å². The molecule has 0 aromatic carbocycles. The summed E-state index contributed by atoms with van der Waals surface area (Å²) in [5.74, 6) is 0. The van der Waals surface area contributed by atoms with Gasteiger partial charge in [0, 0.05) is 29.6 Å². The molecule has 1 aromatic rings. The first-order valence-electron chi connectivity index (χ1n) is 3.51. The van der Waals surface area contributed by atoms with Crippen LogP contribution in [-0.2, 0) is 15.6 Å². The average Bonchev–Trinajstić information content (AvgIpc) is 2.34. The molecule has 1 rings (SSSR count). The Morgan fingerprint density at radius 2 is 2.33 bits per heavy atom. The number of halogens is 1. The van der Waals surface area contributed by atoms with Crippen molar-refractivity contribution in [3.63, 3.8) is 0 Å². The van der Waals surface area contributed by atoms with Crippen LogP contribution >= 0.6 is 10.7 Å². The summed E-state index contributed by atoms with van der Waals surface area (Å²) in [6, 6.07) is 0. The SMILES string of the molecule is CCCn1ccnc1S(=O)(=O)Cl. The number of hydrogen-bond donors (Lipinski definition) is 0. The fraction of sp³-hybridized carbons (Fsp3) is 0.500. The van der Waals surface area contributed by atoms with Crippen LogP contribution in [0.5, 0.6) is 0 Å². The molecule has 0 saturated carbocycles. The molecule has 0 amide bonds. The van der Waals surface area contributed by atoms with E-state index in [1.54, 1.807) is 6.20 Å². The van der Waals surface area contributed by atoms with Gasteiger partial charge >= 0.3 is 0 Å². The van der Waals surface area contributed by atoms with Crippen molar-refractivity contribution in [1.29, 1.82) is 0 Å². The standard InChI is InChI=1S/C6H9ClN2O2S/c1-2-4-9-5-3-8-6(9)12(7,10)11/h3,5H,2,4H2,1H3. The monoisotopic (exact) mass is 208 g/mol. The van der Waals surface area contributed by atoms with Gasteiger partial charge in [0.15, 0.2) is 0 Å². The van der Waals surface area contributed by atoms with Crippen molar-refractivity contribution >= 4 is 19.7 Å². The Morgan fingerprint density at radius 1 is 1.67 bits per heavy atom. The van der Waals surface area contributed by atoms with E-state index in [1.165, 1.54) is 10.8 Å². The molecule has 0 unspecified atom stereocenters. The minimum atomic E-state index is -3.69. The van der Waals surface area contributed by atoms with E-state index in [-0.39, 0.29) is 5.16 Å². The first-order chi connectivity index (χ1) is 5.55. The molecule has 0 radical (unpaired) electrons. The van der Waals surface area contributed by atoms with E-state index in [4.69, 9.17) is 10.7 Å². The third-order valence-corrected chi connectivity index (χ3v) is 2.55. The second-order valence-electron chi connectivity index (χ2n) is 2.34. The summed E-state index contributed by atoms with van der Waals surface area (Å²) < 4.78 is 23.3. The Labute approximate surface area is 75.6 Å². The Kier molecular flexibility index (Phi) is 2.74. The lowest BCUT2D eigenvalue weighted by Crippen LogP contribution is -2.04. The van der Waals surface area contributed by atoms with Gasteiger partial charge in [-0.2, -0.15) is 0 Å². The molecule has 0 saturated heterocycles. The molecule has 1 heterocycles. The molecule has 0 aliphatic carbocycles. The topological polar surface area (TPSA) is 52.0 Å². The van der Waals surface area contributed by atoms with Gasteiger partial charge in [-0.05, 0) is 6.42 Å². The maximum Gasteiger partial charge on any atom is 0.295 e. The van der Waals surface area contributed by atoms with E-state index in [9.17, 15) is 8.42 Å². The molecule has 0 aliphatic heterocycles. The molecule has 0 spiro atoms. The van der Waals surface area contributed by atoms with Crippen LogP contribution in [0.2, 0.25) is 0 Å². The third kappa shape index (κ3) is 1.98. The van der Waals surface area contributed by atoms with Crippen LogP contribution in [0.4, 0.5) is 0 Å². The van der Waals surface area contributed by atoms with Gasteiger partial charge in [0.2, 0.25) is 5.16 Å². The number of aromatic nitrogens is 2. The predicted octanol–water partition coefficient (Wildman–Crippen LogP) is 1.22. The summed E-state index contributed by atoms with van der Waals surface area (Å²) in [4.78, 5) is 3.65. The maximum absolute atomic E-state index is 10.9. The van der Waals surface area contributed by atoms with Crippen LogP contribution < -0.4 is 0 Å². The van der Waals surface area contributed by atoms with Gasteiger partial charge < -0.3 is 4.57 Å². The summed E-state index contributed by atoms with van der Waals surface area (Å²) in [7, 11) is 1.44. The summed E-state index contributed by atoms with van der Waals surface area (Å²) in [5.41, 5.74) is 0. The van der Waals surface area contributed by atoms with E-state index in [1.807, 2.05) is 6.92 Å². The number of aryl methyl sites for hydroxylation is 1. The number of nitrogens with zero attached hydrogens (tertiary/aromatic N) is 2. The van der Waals surface area contributed by atoms with Gasteiger partial charge in [-0.25, -0.2) is 13.4 Å². The molecule has 0 atom stereocenters. The molecule has 0 N–H and O–H groups in total. The van der Waals surface area contributed by atoms with Crippen molar-refractivity contribution in [3.8, 4) is 0 Å². The number of rotatable bonds is 3. The average molecular weight is 209 g/mol. The number of imidazole rings is 1. The normalized spacial score (nSPS) is 11.8. The molecule has 6 heteroatoms. The minimum Gasteiger partial charge on any atom is -0.321 e. The number of hydrogen-bond acceptors (Lipinski definition) is 3. The fourth-order valence-corrected chi connectivity index (χ4v) is 1.93. The predicted molar refractivity (Wildman–Crippen MR) is 45.6 cm³/mol. The summed E-state index contributed by atoms with van der Waals surface area (Å²) in [6.07, 6.45) is 3.86. The second-order valence-corrected chi connectivity index (χ2v) is 4.80. The molecule has 68 valence electrons. The fourth-order valence-electron chi connectivity index (χ4n) is 0.930. The van der Waals surface area contributed by atoms with Crippen LogP contribution in [0, 0.1) is 0 Å². The van der Waals surface area contributed by atoms with Gasteiger partial charge in [-0.15, -0.1) is 0 Å². The molecule has 1 aromatic heterocycles. The molecular formula is C6H9ClN2O2S. The van der Waals surface area contributed by atoms with Gasteiger partial charge in [-0.1, -0.05) is 6.92 Å². The lowest BCUT2D eigenvalue weighted by molar-refractivity contribution is 0.568. The summed E-state index contributed by atoms with van der Waals surface area (Å²) >= 11 is 0. The van der Waals surface area contributed by atoms with E-state index in [2.05, 4.69) is 4.98 Å². The highest BCUT2D eigenvalue weighted by Gasteiger charge is 2.15. The lowest BCUT2D eigenvalue weighted by Gasteiger charge is -2.01. The first kappa shape index (κ1) is 9.54. The quantitative estimate of drug-likeness (QED) is 0.702. The minimum absolute atomic E-state index is 0.0778. The van der Waals surface area contributed by atoms with E-state index in [0.29, 0.717) is 6.54 Å². The van der Waals surface area contributed by atoms with Crippen molar-refractivity contribution in [3.05, 3.63) is 12.4 Å². The third-order valence-electron chi connectivity index (χ3n) is 1.36. The van der Waals surface area contributed by atoms with Crippen LogP contribution in [0.25, 0.3) is 0 Å². The van der Waals surface area contributed by atoms with Gasteiger partial charge in [0.05, 0.1) is 0 Å². The van der Waals surface area contributed by atoms with Gasteiger partial charge in [0.1, 0.15) is 0 Å². The molecule has 0 fully saturated rings. The van der Waals surface area contributed by atoms with Crippen molar-refractivity contribution in [2.75, 3.05) is 0 Å². The zero-order valence-corrected chi connectivity index (χ0v) is 8.14. The highest BCUT2D eigenvalue weighted by molar-refractivity contribution is 8.13. The zero-order valence-electron chi connectivity index (χ0n) is 6.57. The summed E-state index contributed by atoms with van der Waals surface area (Å²) in [6.45, 7) is 2.56. The Hall–Kier alpha value is -0.550. The van der Waals surface area contributed by atoms with Crippen molar-refractivity contribution in [2.24, 2.45) is 0 Å². The van der Waals surface area contributed by atoms with Gasteiger partial charge in [0.25, 0.3) is 9.05 Å². The van der Waals surface area contributed by atoms with Crippen molar-refractivity contribution in [2.45, 2.75) is 25.0 Å². The van der Waals surface area contributed by atoms with Crippen LogP contribution in [0.15, 0.2) is 17.6 Å².